The van der Waals surface area contributed by atoms with Gasteiger partial charge in [0, 0.05) is 25.4 Å². The van der Waals surface area contributed by atoms with Gasteiger partial charge < -0.3 is 15.3 Å². The molecule has 0 atom stereocenters. The summed E-state index contributed by atoms with van der Waals surface area (Å²) in [6.07, 6.45) is 3.61. The maximum Gasteiger partial charge on any atom is 0.317 e. The van der Waals surface area contributed by atoms with Crippen LogP contribution in [0.4, 0.5) is 4.79 Å². The normalized spacial score (nSPS) is 10.4. The Bertz CT molecular complexity index is 462. The Kier molecular flexibility index (Phi) is 7.74. The minimum Gasteiger partial charge on any atom is -0.481 e. The number of aliphatic carboxylic acids is 1. The summed E-state index contributed by atoms with van der Waals surface area (Å²) in [6.45, 7) is 3.07. The number of hydrogen-bond donors (Lipinski definition) is 2. The van der Waals surface area contributed by atoms with Crippen molar-refractivity contribution in [2.24, 2.45) is 0 Å². The van der Waals surface area contributed by atoms with Crippen LogP contribution in [0.15, 0.2) is 5.38 Å². The van der Waals surface area contributed by atoms with E-state index in [2.05, 4.69) is 10.3 Å². The van der Waals surface area contributed by atoms with Gasteiger partial charge in [-0.2, -0.15) is 0 Å². The maximum atomic E-state index is 11.8. The van der Waals surface area contributed by atoms with E-state index < -0.39 is 5.97 Å². The molecule has 0 aliphatic rings. The first-order chi connectivity index (χ1) is 9.99. The Morgan fingerprint density at radius 1 is 1.33 bits per heavy atom. The molecule has 21 heavy (non-hydrogen) atoms. The predicted molar refractivity (Wildman–Crippen MR) is 82.4 cm³/mol. The molecule has 0 aromatic carbocycles. The molecular weight excluding hydrogens is 290 g/mol. The van der Waals surface area contributed by atoms with Crippen molar-refractivity contribution >= 4 is 23.3 Å². The van der Waals surface area contributed by atoms with E-state index in [9.17, 15) is 9.59 Å². The van der Waals surface area contributed by atoms with E-state index in [1.807, 2.05) is 12.3 Å². The highest BCUT2D eigenvalue weighted by molar-refractivity contribution is 7.09. The van der Waals surface area contributed by atoms with Gasteiger partial charge in [0.25, 0.3) is 0 Å². The lowest BCUT2D eigenvalue weighted by Gasteiger charge is -2.16. The average molecular weight is 313 g/mol. The van der Waals surface area contributed by atoms with Crippen LogP contribution in [-0.4, -0.2) is 40.6 Å². The Morgan fingerprint density at radius 2 is 2.05 bits per heavy atom. The number of nitrogens with one attached hydrogen (secondary N) is 1. The summed E-state index contributed by atoms with van der Waals surface area (Å²) in [6, 6.07) is -0.105. The van der Waals surface area contributed by atoms with E-state index in [1.54, 1.807) is 23.3 Å². The molecule has 2 amide bonds. The molecule has 118 valence electrons. The third-order valence-electron chi connectivity index (χ3n) is 3.01. The number of rotatable bonds is 9. The van der Waals surface area contributed by atoms with Crippen LogP contribution in [0.25, 0.3) is 0 Å². The topological polar surface area (TPSA) is 82.5 Å². The van der Waals surface area contributed by atoms with E-state index in [-0.39, 0.29) is 12.5 Å². The van der Waals surface area contributed by atoms with Crippen LogP contribution in [0.3, 0.4) is 0 Å². The fourth-order valence-electron chi connectivity index (χ4n) is 1.88. The Hall–Kier alpha value is -1.63. The minimum atomic E-state index is -0.748. The third-order valence-corrected chi connectivity index (χ3v) is 3.83. The van der Waals surface area contributed by atoms with E-state index in [1.165, 1.54) is 0 Å². The number of amides is 2. The van der Waals surface area contributed by atoms with Gasteiger partial charge in [-0.15, -0.1) is 11.3 Å². The smallest absolute Gasteiger partial charge is 0.317 e. The van der Waals surface area contributed by atoms with Crippen LogP contribution in [0.5, 0.6) is 0 Å². The van der Waals surface area contributed by atoms with Crippen LogP contribution >= 0.6 is 11.3 Å². The number of nitrogens with zero attached hydrogens (tertiary/aromatic N) is 2. The lowest BCUT2D eigenvalue weighted by Crippen LogP contribution is -2.37. The predicted octanol–water partition coefficient (Wildman–Crippen LogP) is 2.63. The summed E-state index contributed by atoms with van der Waals surface area (Å²) in [5.74, 6) is -0.748. The van der Waals surface area contributed by atoms with Crippen molar-refractivity contribution in [1.82, 2.24) is 15.2 Å². The van der Waals surface area contributed by atoms with Gasteiger partial charge in [-0.05, 0) is 19.8 Å². The molecule has 1 rings (SSSR count). The first-order valence-electron chi connectivity index (χ1n) is 7.11. The molecule has 0 aliphatic heterocycles. The number of aromatic nitrogens is 1. The number of carbonyl (C=O) groups excluding carboxylic acids is 1. The molecule has 1 heterocycles. The second-order valence-electron chi connectivity index (χ2n) is 5.00. The highest BCUT2D eigenvalue weighted by Crippen LogP contribution is 2.09. The first-order valence-corrected chi connectivity index (χ1v) is 7.98. The highest BCUT2D eigenvalue weighted by atomic mass is 32.1. The van der Waals surface area contributed by atoms with Gasteiger partial charge in [-0.3, -0.25) is 4.79 Å². The van der Waals surface area contributed by atoms with Gasteiger partial charge >= 0.3 is 12.0 Å². The van der Waals surface area contributed by atoms with Crippen molar-refractivity contribution in [1.29, 1.82) is 0 Å². The molecule has 0 fully saturated rings. The van der Waals surface area contributed by atoms with Crippen molar-refractivity contribution in [3.05, 3.63) is 16.1 Å². The van der Waals surface area contributed by atoms with Crippen LogP contribution < -0.4 is 5.32 Å². The number of aryl methyl sites for hydroxylation is 1. The lowest BCUT2D eigenvalue weighted by atomic mass is 10.1. The number of carbonyl (C=O) groups is 2. The standard InChI is InChI=1S/C14H23N3O3S/c1-11-16-12(10-21-11)9-17(2)14(20)15-8-6-4-3-5-7-13(18)19/h10H,3-9H2,1-2H3,(H,15,20)(H,18,19). The quantitative estimate of drug-likeness (QED) is 0.687. The largest absolute Gasteiger partial charge is 0.481 e. The molecule has 1 aromatic heterocycles. The summed E-state index contributed by atoms with van der Waals surface area (Å²) >= 11 is 1.58. The van der Waals surface area contributed by atoms with Crippen molar-refractivity contribution in [3.63, 3.8) is 0 Å². The van der Waals surface area contributed by atoms with Crippen LogP contribution in [-0.2, 0) is 11.3 Å². The zero-order chi connectivity index (χ0) is 15.7. The van der Waals surface area contributed by atoms with E-state index in [0.29, 0.717) is 19.5 Å². The molecule has 0 saturated carbocycles. The number of thiazole rings is 1. The number of carboxylic acids is 1. The zero-order valence-electron chi connectivity index (χ0n) is 12.6. The fourth-order valence-corrected chi connectivity index (χ4v) is 2.48. The number of unbranched alkanes of at least 4 members (excludes halogenated alkanes) is 3. The molecule has 0 aliphatic carbocycles. The van der Waals surface area contributed by atoms with Gasteiger partial charge in [-0.25, -0.2) is 9.78 Å². The Morgan fingerprint density at radius 3 is 2.67 bits per heavy atom. The molecule has 6 nitrogen and oxygen atoms in total. The van der Waals surface area contributed by atoms with Gasteiger partial charge in [-0.1, -0.05) is 12.8 Å². The Labute approximate surface area is 129 Å². The molecule has 0 bridgehead atoms. The van der Waals surface area contributed by atoms with Crippen LogP contribution in [0.2, 0.25) is 0 Å². The van der Waals surface area contributed by atoms with E-state index >= 15 is 0 Å². The highest BCUT2D eigenvalue weighted by Gasteiger charge is 2.09. The molecule has 0 spiro atoms. The zero-order valence-corrected chi connectivity index (χ0v) is 13.4. The van der Waals surface area contributed by atoms with Crippen molar-refractivity contribution in [2.75, 3.05) is 13.6 Å². The maximum absolute atomic E-state index is 11.8. The van der Waals surface area contributed by atoms with E-state index in [4.69, 9.17) is 5.11 Å². The summed E-state index contributed by atoms with van der Waals surface area (Å²) in [5.41, 5.74) is 0.906. The lowest BCUT2D eigenvalue weighted by molar-refractivity contribution is -0.137. The van der Waals surface area contributed by atoms with E-state index in [0.717, 1.165) is 30.0 Å². The SMILES string of the molecule is Cc1nc(CN(C)C(=O)NCCCCCCC(=O)O)cs1. The fraction of sp³-hybridized carbons (Fsp3) is 0.643. The number of hydrogen-bond acceptors (Lipinski definition) is 4. The molecule has 0 saturated heterocycles. The molecular formula is C14H23N3O3S. The summed E-state index contributed by atoms with van der Waals surface area (Å²) in [7, 11) is 1.75. The molecule has 0 unspecified atom stereocenters. The van der Waals surface area contributed by atoms with Crippen molar-refractivity contribution in [3.8, 4) is 0 Å². The Balaban J connectivity index is 2.08. The summed E-state index contributed by atoms with van der Waals surface area (Å²) in [5, 5.41) is 14.3. The molecule has 7 heteroatoms. The van der Waals surface area contributed by atoms with Crippen LogP contribution in [0, 0.1) is 6.92 Å². The number of carboxylic acid groups (broad SMARTS) is 1. The monoisotopic (exact) mass is 313 g/mol. The van der Waals surface area contributed by atoms with Gasteiger partial charge in [0.05, 0.1) is 17.2 Å². The first kappa shape index (κ1) is 17.4. The number of urea groups is 1. The van der Waals surface area contributed by atoms with Gasteiger partial charge in [0.15, 0.2) is 0 Å². The molecule has 2 N–H and O–H groups in total. The van der Waals surface area contributed by atoms with Crippen molar-refractivity contribution in [2.45, 2.75) is 45.6 Å². The molecule has 0 radical (unpaired) electrons. The van der Waals surface area contributed by atoms with Crippen molar-refractivity contribution < 1.29 is 14.7 Å². The van der Waals surface area contributed by atoms with Gasteiger partial charge in [0.2, 0.25) is 0 Å². The third kappa shape index (κ3) is 7.65. The summed E-state index contributed by atoms with van der Waals surface area (Å²) < 4.78 is 0. The second kappa shape index (κ2) is 9.33. The van der Waals surface area contributed by atoms with Crippen LogP contribution in [0.1, 0.15) is 42.8 Å². The average Bonchev–Trinajstić information content (AvgIpc) is 2.82. The second-order valence-corrected chi connectivity index (χ2v) is 6.07. The minimum absolute atomic E-state index is 0.105. The van der Waals surface area contributed by atoms with Gasteiger partial charge in [0.1, 0.15) is 0 Å². The molecule has 1 aromatic rings. The summed E-state index contributed by atoms with van der Waals surface area (Å²) in [4.78, 5) is 28.1.